The summed E-state index contributed by atoms with van der Waals surface area (Å²) in [6.45, 7) is 4.78. The van der Waals surface area contributed by atoms with Gasteiger partial charge in [-0.3, -0.25) is 4.90 Å². The molecule has 4 heteroatoms. The summed E-state index contributed by atoms with van der Waals surface area (Å²) in [7, 11) is 0. The van der Waals surface area contributed by atoms with Crippen molar-refractivity contribution in [3.8, 4) is 0 Å². The fourth-order valence-corrected chi connectivity index (χ4v) is 3.23. The van der Waals surface area contributed by atoms with Crippen LogP contribution in [0.3, 0.4) is 0 Å². The number of benzene rings is 1. The van der Waals surface area contributed by atoms with Crippen LogP contribution in [0.15, 0.2) is 18.2 Å². The molecule has 0 bridgehead atoms. The molecular formula is C16H22F2N2. The molecule has 2 atom stereocenters. The molecule has 1 saturated heterocycles. The number of rotatable bonds is 4. The van der Waals surface area contributed by atoms with E-state index in [1.165, 1.54) is 25.0 Å². The van der Waals surface area contributed by atoms with Crippen molar-refractivity contribution in [3.05, 3.63) is 35.4 Å². The van der Waals surface area contributed by atoms with E-state index in [0.717, 1.165) is 37.1 Å². The fourth-order valence-electron chi connectivity index (χ4n) is 3.23. The maximum absolute atomic E-state index is 13.3. The summed E-state index contributed by atoms with van der Waals surface area (Å²) in [6.07, 6.45) is 3.69. The molecule has 3 rings (SSSR count). The van der Waals surface area contributed by atoms with Crippen LogP contribution in [0, 0.1) is 17.6 Å². The second kappa shape index (κ2) is 5.78. The second-order valence-electron chi connectivity index (χ2n) is 6.12. The predicted molar refractivity (Wildman–Crippen MR) is 75.4 cm³/mol. The number of halogens is 2. The third kappa shape index (κ3) is 3.18. The van der Waals surface area contributed by atoms with E-state index >= 15 is 0 Å². The molecule has 0 spiro atoms. The average molecular weight is 280 g/mol. The molecule has 20 heavy (non-hydrogen) atoms. The minimum atomic E-state index is -0.484. The number of hydrogen-bond acceptors (Lipinski definition) is 2. The molecule has 2 fully saturated rings. The van der Waals surface area contributed by atoms with Gasteiger partial charge in [-0.2, -0.15) is 0 Å². The van der Waals surface area contributed by atoms with Crippen LogP contribution in [0.2, 0.25) is 0 Å². The zero-order chi connectivity index (χ0) is 14.1. The van der Waals surface area contributed by atoms with Crippen molar-refractivity contribution in [2.75, 3.05) is 13.1 Å². The van der Waals surface area contributed by atoms with Crippen LogP contribution in [0.25, 0.3) is 0 Å². The first-order chi connectivity index (χ1) is 9.65. The van der Waals surface area contributed by atoms with Gasteiger partial charge in [-0.05, 0) is 42.9 Å². The highest BCUT2D eigenvalue weighted by molar-refractivity contribution is 5.18. The summed E-state index contributed by atoms with van der Waals surface area (Å²) in [5, 5.41) is 3.63. The molecule has 1 heterocycles. The lowest BCUT2D eigenvalue weighted by Gasteiger charge is -2.40. The number of hydrogen-bond donors (Lipinski definition) is 1. The van der Waals surface area contributed by atoms with Gasteiger partial charge in [-0.15, -0.1) is 0 Å². The molecule has 1 aliphatic carbocycles. The van der Waals surface area contributed by atoms with E-state index in [0.29, 0.717) is 18.6 Å². The Labute approximate surface area is 119 Å². The summed E-state index contributed by atoms with van der Waals surface area (Å²) < 4.78 is 26.6. The summed E-state index contributed by atoms with van der Waals surface area (Å²) in [6, 6.07) is 4.84. The van der Waals surface area contributed by atoms with Crippen molar-refractivity contribution in [2.24, 2.45) is 5.92 Å². The highest BCUT2D eigenvalue weighted by atomic mass is 19.1. The first-order valence-electron chi connectivity index (χ1n) is 7.58. The lowest BCUT2D eigenvalue weighted by molar-refractivity contribution is 0.111. The number of nitrogens with zero attached hydrogens (tertiary/aromatic N) is 1. The Morgan fingerprint density at radius 3 is 2.50 bits per heavy atom. The summed E-state index contributed by atoms with van der Waals surface area (Å²) in [5.74, 6) is -0.164. The third-order valence-corrected chi connectivity index (χ3v) is 4.53. The van der Waals surface area contributed by atoms with Crippen molar-refractivity contribution in [1.29, 1.82) is 0 Å². The Kier molecular flexibility index (Phi) is 4.03. The zero-order valence-electron chi connectivity index (χ0n) is 11.9. The molecule has 2 nitrogen and oxygen atoms in total. The van der Waals surface area contributed by atoms with Gasteiger partial charge >= 0.3 is 0 Å². The Balaban J connectivity index is 1.71. The van der Waals surface area contributed by atoms with Crippen LogP contribution in [0.1, 0.15) is 31.7 Å². The quantitative estimate of drug-likeness (QED) is 0.912. The Bertz CT molecular complexity index is 453. The van der Waals surface area contributed by atoms with Crippen LogP contribution in [0.4, 0.5) is 8.78 Å². The topological polar surface area (TPSA) is 15.3 Å². The minimum Gasteiger partial charge on any atom is -0.311 e. The fraction of sp³-hybridized carbons (Fsp3) is 0.625. The smallest absolute Gasteiger partial charge is 0.126 e. The van der Waals surface area contributed by atoms with E-state index in [1.54, 1.807) is 0 Å². The highest BCUT2D eigenvalue weighted by Gasteiger charge is 2.36. The summed E-state index contributed by atoms with van der Waals surface area (Å²) in [5.41, 5.74) is 0.734. The molecule has 1 aliphatic heterocycles. The monoisotopic (exact) mass is 280 g/mol. The van der Waals surface area contributed by atoms with Gasteiger partial charge in [0.25, 0.3) is 0 Å². The molecule has 2 unspecified atom stereocenters. The third-order valence-electron chi connectivity index (χ3n) is 4.53. The van der Waals surface area contributed by atoms with Gasteiger partial charge in [-0.25, -0.2) is 8.78 Å². The molecule has 0 radical (unpaired) electrons. The molecule has 0 aromatic heterocycles. The number of piperazine rings is 1. The molecule has 110 valence electrons. The minimum absolute atomic E-state index is 0.455. The highest BCUT2D eigenvalue weighted by Crippen LogP contribution is 2.34. The van der Waals surface area contributed by atoms with Gasteiger partial charge in [0.05, 0.1) is 0 Å². The first-order valence-corrected chi connectivity index (χ1v) is 7.58. The van der Waals surface area contributed by atoms with Gasteiger partial charge in [0.1, 0.15) is 11.6 Å². The maximum atomic E-state index is 13.3. The van der Waals surface area contributed by atoms with Gasteiger partial charge in [0, 0.05) is 37.8 Å². The normalized spacial score (nSPS) is 27.8. The van der Waals surface area contributed by atoms with E-state index in [1.807, 2.05) is 0 Å². The Morgan fingerprint density at radius 1 is 1.20 bits per heavy atom. The van der Waals surface area contributed by atoms with Crippen molar-refractivity contribution < 1.29 is 8.78 Å². The summed E-state index contributed by atoms with van der Waals surface area (Å²) >= 11 is 0. The molecule has 1 N–H and O–H groups in total. The van der Waals surface area contributed by atoms with Gasteiger partial charge in [-0.1, -0.05) is 6.92 Å². The van der Waals surface area contributed by atoms with E-state index in [2.05, 4.69) is 17.1 Å². The van der Waals surface area contributed by atoms with Crippen LogP contribution in [-0.2, 0) is 6.54 Å². The van der Waals surface area contributed by atoms with E-state index in [4.69, 9.17) is 0 Å². The standard InChI is InChI=1S/C16H22F2N2/c1-2-15-8-19-16(12-3-4-12)10-20(15)9-11-5-13(17)7-14(18)6-11/h5-7,12,15-16,19H,2-4,8-10H2,1H3. The maximum Gasteiger partial charge on any atom is 0.126 e. The van der Waals surface area contributed by atoms with Crippen LogP contribution >= 0.6 is 0 Å². The van der Waals surface area contributed by atoms with Crippen LogP contribution < -0.4 is 5.32 Å². The van der Waals surface area contributed by atoms with Gasteiger partial charge in [0.2, 0.25) is 0 Å². The molecule has 1 aromatic carbocycles. The lowest BCUT2D eigenvalue weighted by atomic mass is 10.0. The van der Waals surface area contributed by atoms with Crippen LogP contribution in [-0.4, -0.2) is 30.1 Å². The SMILES string of the molecule is CCC1CNC(C2CC2)CN1Cc1cc(F)cc(F)c1. The van der Waals surface area contributed by atoms with Crippen molar-refractivity contribution in [2.45, 2.75) is 44.8 Å². The molecular weight excluding hydrogens is 258 g/mol. The number of nitrogens with one attached hydrogen (secondary N) is 1. The van der Waals surface area contributed by atoms with Crippen molar-refractivity contribution in [3.63, 3.8) is 0 Å². The molecule has 2 aliphatic rings. The average Bonchev–Trinajstić information content (AvgIpc) is 3.21. The summed E-state index contributed by atoms with van der Waals surface area (Å²) in [4.78, 5) is 2.38. The second-order valence-corrected chi connectivity index (χ2v) is 6.12. The Hall–Kier alpha value is -1.00. The first kappa shape index (κ1) is 14.0. The van der Waals surface area contributed by atoms with Gasteiger partial charge < -0.3 is 5.32 Å². The lowest BCUT2D eigenvalue weighted by Crippen LogP contribution is -2.56. The van der Waals surface area contributed by atoms with Crippen molar-refractivity contribution >= 4 is 0 Å². The molecule has 1 aromatic rings. The largest absolute Gasteiger partial charge is 0.311 e. The molecule has 0 amide bonds. The van der Waals surface area contributed by atoms with Crippen LogP contribution in [0.5, 0.6) is 0 Å². The molecule has 1 saturated carbocycles. The van der Waals surface area contributed by atoms with Crippen molar-refractivity contribution in [1.82, 2.24) is 10.2 Å². The van der Waals surface area contributed by atoms with Gasteiger partial charge in [0.15, 0.2) is 0 Å². The van der Waals surface area contributed by atoms with E-state index < -0.39 is 11.6 Å². The predicted octanol–water partition coefficient (Wildman–Crippen LogP) is 2.93. The van der Waals surface area contributed by atoms with E-state index in [9.17, 15) is 8.78 Å². The van der Waals surface area contributed by atoms with E-state index in [-0.39, 0.29) is 0 Å². The Morgan fingerprint density at radius 2 is 1.90 bits per heavy atom. The zero-order valence-corrected chi connectivity index (χ0v) is 11.9.